The molecule has 1 aliphatic carbocycles. The lowest BCUT2D eigenvalue weighted by atomic mass is 9.86. The van der Waals surface area contributed by atoms with Crippen molar-refractivity contribution in [1.29, 1.82) is 0 Å². The Balaban J connectivity index is 0.000000350. The van der Waals surface area contributed by atoms with Crippen LogP contribution in [0.5, 0.6) is 0 Å². The number of nitrogens with zero attached hydrogens (tertiary/aromatic N) is 2. The van der Waals surface area contributed by atoms with E-state index in [0.29, 0.717) is 42.2 Å². The first-order chi connectivity index (χ1) is 31.1. The highest BCUT2D eigenvalue weighted by Crippen LogP contribution is 2.33. The minimum Gasteiger partial charge on any atom is -0.465 e. The van der Waals surface area contributed by atoms with E-state index in [0.717, 1.165) is 88.1 Å². The molecule has 0 amide bonds. The molecule has 3 unspecified atom stereocenters. The fourth-order valence-electron chi connectivity index (χ4n) is 8.16. The first kappa shape index (κ1) is 57.1. The van der Waals surface area contributed by atoms with Crippen molar-refractivity contribution in [3.8, 4) is 0 Å². The van der Waals surface area contributed by atoms with Gasteiger partial charge in [0.2, 0.25) is 5.60 Å². The zero-order valence-electron chi connectivity index (χ0n) is 42.3. The SMILES string of the molecule is CCCCC(CC)COC(=O)CC(C)C(=O)OCC(CC)CCCC.CCCC[N+](C)(C)Cc1ccccc1.CN(C)C1CCC(OC(=O)C(O)(c2ccccc2)c2ccccc2)CC1. The van der Waals surface area contributed by atoms with Gasteiger partial charge in [-0.3, -0.25) is 9.59 Å². The van der Waals surface area contributed by atoms with Crippen LogP contribution in [0.1, 0.15) is 155 Å². The molecule has 4 rings (SSSR count). The number of esters is 3. The van der Waals surface area contributed by atoms with Gasteiger partial charge in [0.25, 0.3) is 0 Å². The molecule has 0 spiro atoms. The lowest BCUT2D eigenvalue weighted by molar-refractivity contribution is -0.903. The topological polar surface area (TPSA) is 102 Å². The molecule has 1 fully saturated rings. The summed E-state index contributed by atoms with van der Waals surface area (Å²) in [6, 6.07) is 29.3. The summed E-state index contributed by atoms with van der Waals surface area (Å²) in [6.45, 7) is 15.9. The quantitative estimate of drug-likeness (QED) is 0.0510. The van der Waals surface area contributed by atoms with Gasteiger partial charge in [-0.1, -0.05) is 177 Å². The Labute approximate surface area is 395 Å². The zero-order valence-corrected chi connectivity index (χ0v) is 42.3. The number of hydrogen-bond acceptors (Lipinski definition) is 8. The Morgan fingerprint density at radius 3 is 1.60 bits per heavy atom. The summed E-state index contributed by atoms with van der Waals surface area (Å²) in [5.74, 6) is -0.764. The third-order valence-electron chi connectivity index (χ3n) is 12.8. The van der Waals surface area contributed by atoms with Crippen molar-refractivity contribution in [2.24, 2.45) is 17.8 Å². The van der Waals surface area contributed by atoms with Crippen molar-refractivity contribution in [3.05, 3.63) is 108 Å². The first-order valence-electron chi connectivity index (χ1n) is 25.0. The number of carbonyl (C=O) groups is 3. The number of hydrogen-bond donors (Lipinski definition) is 1. The third kappa shape index (κ3) is 21.9. The molecule has 1 N–H and O–H groups in total. The van der Waals surface area contributed by atoms with E-state index >= 15 is 0 Å². The minimum absolute atomic E-state index is 0.106. The first-order valence-corrected chi connectivity index (χ1v) is 25.0. The van der Waals surface area contributed by atoms with Gasteiger partial charge < -0.3 is 28.7 Å². The maximum atomic E-state index is 13.1. The number of aliphatic hydroxyl groups is 1. The minimum atomic E-state index is -1.79. The molecule has 1 aliphatic rings. The maximum Gasteiger partial charge on any atom is 0.347 e. The van der Waals surface area contributed by atoms with Crippen LogP contribution in [0.25, 0.3) is 0 Å². The van der Waals surface area contributed by atoms with Gasteiger partial charge in [-0.15, -0.1) is 0 Å². The van der Waals surface area contributed by atoms with E-state index in [1.54, 1.807) is 31.2 Å². The molecule has 0 heterocycles. The van der Waals surface area contributed by atoms with Crippen molar-refractivity contribution < 1.29 is 38.2 Å². The Morgan fingerprint density at radius 1 is 0.692 bits per heavy atom. The molecule has 0 bridgehead atoms. The molecule has 1 saturated carbocycles. The van der Waals surface area contributed by atoms with Crippen LogP contribution in [-0.4, -0.2) is 92.5 Å². The fraction of sp³-hybridized carbons (Fsp3) is 0.625. The molecular formula is C56H89N2O7+. The Bertz CT molecular complexity index is 1650. The van der Waals surface area contributed by atoms with Crippen molar-refractivity contribution in [1.82, 2.24) is 4.90 Å². The molecule has 9 nitrogen and oxygen atoms in total. The smallest absolute Gasteiger partial charge is 0.347 e. The summed E-state index contributed by atoms with van der Waals surface area (Å²) in [7, 11) is 8.78. The number of benzene rings is 3. The molecule has 65 heavy (non-hydrogen) atoms. The van der Waals surface area contributed by atoms with E-state index in [1.807, 2.05) is 36.4 Å². The van der Waals surface area contributed by atoms with Gasteiger partial charge in [-0.05, 0) is 82.0 Å². The summed E-state index contributed by atoms with van der Waals surface area (Å²) < 4.78 is 17.7. The zero-order chi connectivity index (χ0) is 48.1. The van der Waals surface area contributed by atoms with Gasteiger partial charge in [-0.2, -0.15) is 0 Å². The number of carbonyl (C=O) groups excluding carboxylic acids is 3. The molecular weight excluding hydrogens is 813 g/mol. The molecule has 0 saturated heterocycles. The fourth-order valence-corrected chi connectivity index (χ4v) is 8.16. The van der Waals surface area contributed by atoms with E-state index in [9.17, 15) is 19.5 Å². The number of rotatable bonds is 25. The predicted octanol–water partition coefficient (Wildman–Crippen LogP) is 11.9. The highest BCUT2D eigenvalue weighted by molar-refractivity contribution is 5.85. The van der Waals surface area contributed by atoms with E-state index in [1.165, 1.54) is 24.9 Å². The van der Waals surface area contributed by atoms with E-state index in [-0.39, 0.29) is 24.5 Å². The molecule has 0 radical (unpaired) electrons. The van der Waals surface area contributed by atoms with Gasteiger partial charge in [0.05, 0.1) is 46.2 Å². The predicted molar refractivity (Wildman–Crippen MR) is 266 cm³/mol. The number of quaternary nitrogens is 1. The second kappa shape index (κ2) is 31.8. The second-order valence-corrected chi connectivity index (χ2v) is 19.1. The van der Waals surface area contributed by atoms with E-state index in [2.05, 4.69) is 98.0 Å². The van der Waals surface area contributed by atoms with Crippen LogP contribution in [0.4, 0.5) is 0 Å². The molecule has 3 aromatic rings. The lowest BCUT2D eigenvalue weighted by Crippen LogP contribution is -2.42. The van der Waals surface area contributed by atoms with Crippen LogP contribution < -0.4 is 0 Å². The Kier molecular flexibility index (Phi) is 27.9. The van der Waals surface area contributed by atoms with E-state index < -0.39 is 17.5 Å². The van der Waals surface area contributed by atoms with Gasteiger partial charge >= 0.3 is 17.9 Å². The molecule has 0 aliphatic heterocycles. The normalized spacial score (nSPS) is 16.4. The lowest BCUT2D eigenvalue weighted by Gasteiger charge is -2.34. The summed E-state index contributed by atoms with van der Waals surface area (Å²) in [5, 5.41) is 11.4. The van der Waals surface area contributed by atoms with Crippen LogP contribution in [-0.2, 0) is 40.7 Å². The molecule has 9 heteroatoms. The molecule has 0 aromatic heterocycles. The van der Waals surface area contributed by atoms with Crippen LogP contribution in [0.15, 0.2) is 91.0 Å². The summed E-state index contributed by atoms with van der Waals surface area (Å²) >= 11 is 0. The highest BCUT2D eigenvalue weighted by Gasteiger charge is 2.43. The number of unbranched alkanes of at least 4 members (excludes halogenated alkanes) is 3. The third-order valence-corrected chi connectivity index (χ3v) is 12.8. The van der Waals surface area contributed by atoms with Crippen LogP contribution in [0, 0.1) is 17.8 Å². The molecule has 3 aromatic carbocycles. The highest BCUT2D eigenvalue weighted by atomic mass is 16.6. The Morgan fingerprint density at radius 2 is 1.15 bits per heavy atom. The molecule has 364 valence electrons. The van der Waals surface area contributed by atoms with Crippen molar-refractivity contribution in [2.45, 2.75) is 162 Å². The average Bonchev–Trinajstić information content (AvgIpc) is 3.32. The van der Waals surface area contributed by atoms with Crippen molar-refractivity contribution >= 4 is 17.9 Å². The van der Waals surface area contributed by atoms with Crippen LogP contribution >= 0.6 is 0 Å². The van der Waals surface area contributed by atoms with Crippen molar-refractivity contribution in [2.75, 3.05) is 47.9 Å². The summed E-state index contributed by atoms with van der Waals surface area (Å²) in [5.41, 5.74) is 0.700. The molecule has 3 atom stereocenters. The van der Waals surface area contributed by atoms with Gasteiger partial charge in [0.15, 0.2) is 0 Å². The van der Waals surface area contributed by atoms with Gasteiger partial charge in [0, 0.05) is 11.6 Å². The standard InChI is InChI=1S/C22H27NO3.C21H40O4.C13H22N/c1-23(2)19-13-15-20(16-14-19)26-21(24)22(25,17-9-5-3-6-10-17)18-11-7-4-8-12-18;1-6-10-12-18(8-3)15-24-20(22)14-17(5)21(23)25-16-19(9-4)13-11-7-2;1-4-5-11-14(2,3)12-13-9-7-6-8-10-13/h3-12,19-20,25H,13-16H2,1-2H3;17-19H,6-16H2,1-5H3;6-10H,4-5,11-12H2,1-3H3/q;;+1. The van der Waals surface area contributed by atoms with Gasteiger partial charge in [0.1, 0.15) is 12.6 Å². The van der Waals surface area contributed by atoms with E-state index in [4.69, 9.17) is 14.2 Å². The van der Waals surface area contributed by atoms with Crippen molar-refractivity contribution in [3.63, 3.8) is 0 Å². The Hall–Kier alpha value is -4.05. The largest absolute Gasteiger partial charge is 0.465 e. The second-order valence-electron chi connectivity index (χ2n) is 19.1. The average molecular weight is 902 g/mol. The van der Waals surface area contributed by atoms with Crippen LogP contribution in [0.3, 0.4) is 0 Å². The number of ether oxygens (including phenoxy) is 3. The van der Waals surface area contributed by atoms with Crippen LogP contribution in [0.2, 0.25) is 0 Å². The monoisotopic (exact) mass is 902 g/mol. The maximum absolute atomic E-state index is 13.1. The summed E-state index contributed by atoms with van der Waals surface area (Å²) in [4.78, 5) is 39.3. The van der Waals surface area contributed by atoms with Gasteiger partial charge in [-0.25, -0.2) is 4.79 Å². The summed E-state index contributed by atoms with van der Waals surface area (Å²) in [6.07, 6.45) is 15.1.